The summed E-state index contributed by atoms with van der Waals surface area (Å²) in [5.41, 5.74) is 6.32. The number of guanidine groups is 1. The second kappa shape index (κ2) is 9.00. The zero-order valence-corrected chi connectivity index (χ0v) is 20.3. The average molecular weight is 518 g/mol. The van der Waals surface area contributed by atoms with Crippen molar-refractivity contribution in [3.8, 4) is 11.1 Å². The molecule has 2 heterocycles. The van der Waals surface area contributed by atoms with Gasteiger partial charge in [-0.1, -0.05) is 54.1 Å². The Bertz CT molecular complexity index is 1470. The summed E-state index contributed by atoms with van der Waals surface area (Å²) in [6, 6.07) is 14.6. The van der Waals surface area contributed by atoms with Crippen LogP contribution in [0.5, 0.6) is 0 Å². The smallest absolute Gasteiger partial charge is 0.335 e. The maximum Gasteiger partial charge on any atom is 0.335 e. The Kier molecular flexibility index (Phi) is 6.36. The third-order valence-corrected chi connectivity index (χ3v) is 6.90. The molecule has 12 heteroatoms. The molecule has 0 aliphatic carbocycles. The van der Waals surface area contributed by atoms with Crippen molar-refractivity contribution in [2.24, 2.45) is 10.7 Å². The van der Waals surface area contributed by atoms with Gasteiger partial charge in [-0.3, -0.25) is 14.2 Å². The summed E-state index contributed by atoms with van der Waals surface area (Å²) in [4.78, 5) is 23.0. The number of hydrogen-bond donors (Lipinski definition) is 2. The average Bonchev–Trinajstić information content (AvgIpc) is 3.05. The minimum absolute atomic E-state index is 0.0172. The zero-order chi connectivity index (χ0) is 25.5. The molecule has 1 aromatic heterocycles. The van der Waals surface area contributed by atoms with E-state index in [0.717, 1.165) is 4.31 Å². The van der Waals surface area contributed by atoms with Gasteiger partial charge in [0.05, 0.1) is 5.02 Å². The highest BCUT2D eigenvalue weighted by Gasteiger charge is 2.49. The third-order valence-electron chi connectivity index (χ3n) is 5.78. The lowest BCUT2D eigenvalue weighted by molar-refractivity contribution is -0.129. The quantitative estimate of drug-likeness (QED) is 0.382. The highest BCUT2D eigenvalue weighted by Crippen LogP contribution is 2.41. The number of benzene rings is 2. The van der Waals surface area contributed by atoms with Gasteiger partial charge in [-0.15, -0.1) is 0 Å². The molecule has 3 aromatic rings. The fourth-order valence-electron chi connectivity index (χ4n) is 3.95. The minimum Gasteiger partial charge on any atom is -0.369 e. The van der Waals surface area contributed by atoms with Crippen LogP contribution < -0.4 is 5.73 Å². The molecule has 2 aromatic carbocycles. The van der Waals surface area contributed by atoms with Gasteiger partial charge in [-0.05, 0) is 34.4 Å². The predicted octanol–water partition coefficient (Wildman–Crippen LogP) is 2.81. The summed E-state index contributed by atoms with van der Waals surface area (Å²) in [5, 5.41) is 0.246. The molecule has 0 spiro atoms. The van der Waals surface area contributed by atoms with Gasteiger partial charge in [0.15, 0.2) is 11.5 Å². The largest absolute Gasteiger partial charge is 0.369 e. The van der Waals surface area contributed by atoms with Gasteiger partial charge >= 0.3 is 10.3 Å². The molecule has 1 atom stereocenters. The number of halogens is 2. The Balaban J connectivity index is 1.89. The van der Waals surface area contributed by atoms with Crippen LogP contribution in [0.15, 0.2) is 65.8 Å². The van der Waals surface area contributed by atoms with E-state index in [0.29, 0.717) is 22.3 Å². The van der Waals surface area contributed by atoms with E-state index in [-0.39, 0.29) is 23.1 Å². The van der Waals surface area contributed by atoms with Crippen molar-refractivity contribution in [3.05, 3.63) is 88.5 Å². The fourth-order valence-corrected chi connectivity index (χ4v) is 4.42. The molecular weight excluding hydrogens is 497 g/mol. The van der Waals surface area contributed by atoms with E-state index in [1.165, 1.54) is 31.3 Å². The van der Waals surface area contributed by atoms with Gasteiger partial charge in [-0.25, -0.2) is 9.98 Å². The fraction of sp³-hybridized carbons (Fsp3) is 0.174. The molecule has 1 amide bonds. The zero-order valence-electron chi connectivity index (χ0n) is 18.7. The molecular formula is C23H21ClFN5O4S. The van der Waals surface area contributed by atoms with Crippen LogP contribution in [0.3, 0.4) is 0 Å². The van der Waals surface area contributed by atoms with Crippen LogP contribution in [-0.2, 0) is 27.2 Å². The Labute approximate surface area is 206 Å². The van der Waals surface area contributed by atoms with E-state index in [9.17, 15) is 22.2 Å². The lowest BCUT2D eigenvalue weighted by Crippen LogP contribution is -2.41. The maximum atomic E-state index is 14.5. The van der Waals surface area contributed by atoms with Gasteiger partial charge in [0.1, 0.15) is 0 Å². The van der Waals surface area contributed by atoms with Crippen LogP contribution in [0.1, 0.15) is 16.7 Å². The van der Waals surface area contributed by atoms with Crippen LogP contribution in [0.25, 0.3) is 11.1 Å². The monoisotopic (exact) mass is 517 g/mol. The number of rotatable bonds is 6. The second-order valence-corrected chi connectivity index (χ2v) is 10.0. The van der Waals surface area contributed by atoms with Crippen LogP contribution in [0.4, 0.5) is 4.39 Å². The number of hydrogen-bond acceptors (Lipinski definition) is 6. The van der Waals surface area contributed by atoms with Gasteiger partial charge in [0.2, 0.25) is 5.95 Å². The Morgan fingerprint density at radius 2 is 1.83 bits per heavy atom. The van der Waals surface area contributed by atoms with Crippen LogP contribution >= 0.6 is 11.6 Å². The minimum atomic E-state index is -4.41. The molecule has 9 nitrogen and oxygen atoms in total. The molecule has 0 fully saturated rings. The maximum absolute atomic E-state index is 14.5. The van der Waals surface area contributed by atoms with E-state index in [4.69, 9.17) is 17.3 Å². The first-order chi connectivity index (χ1) is 16.4. The molecule has 1 aliphatic heterocycles. The number of amides is 1. The van der Waals surface area contributed by atoms with Crippen LogP contribution in [0.2, 0.25) is 5.02 Å². The van der Waals surface area contributed by atoms with Crippen molar-refractivity contribution in [3.63, 3.8) is 0 Å². The number of likely N-dealkylation sites (N-methyl/N-ethyl adjacent to an activating group) is 1. The molecule has 0 bridgehead atoms. The van der Waals surface area contributed by atoms with Gasteiger partial charge in [-0.2, -0.15) is 17.1 Å². The molecule has 3 N–H and O–H groups in total. The lowest BCUT2D eigenvalue weighted by Gasteiger charge is -2.27. The molecule has 1 aliphatic rings. The van der Waals surface area contributed by atoms with Crippen LogP contribution in [-0.4, -0.2) is 53.1 Å². The normalized spacial score (nSPS) is 18.3. The van der Waals surface area contributed by atoms with Gasteiger partial charge in [0.25, 0.3) is 5.91 Å². The summed E-state index contributed by atoms with van der Waals surface area (Å²) in [5.74, 6) is -1.19. The topological polar surface area (TPSA) is 129 Å². The van der Waals surface area contributed by atoms with Crippen molar-refractivity contribution in [1.29, 1.82) is 0 Å². The third kappa shape index (κ3) is 4.50. The highest BCUT2D eigenvalue weighted by atomic mass is 35.5. The second-order valence-electron chi connectivity index (χ2n) is 8.05. The number of nitrogens with two attached hydrogens (primary N) is 1. The first kappa shape index (κ1) is 24.7. The van der Waals surface area contributed by atoms with Crippen molar-refractivity contribution in [2.45, 2.75) is 12.1 Å². The van der Waals surface area contributed by atoms with Crippen molar-refractivity contribution in [2.75, 3.05) is 14.1 Å². The summed E-state index contributed by atoms with van der Waals surface area (Å²) in [6.45, 7) is -0.147. The summed E-state index contributed by atoms with van der Waals surface area (Å²) in [6.07, 6.45) is 1.20. The highest BCUT2D eigenvalue weighted by molar-refractivity contribution is 7.83. The SMILES string of the molecule is CN1C(=O)C(c2cccc(CN(C)S(=O)(=O)O)c2)(c2cccc(-c3cc(Cl)cnc3F)c2)N=C1N. The van der Waals surface area contributed by atoms with E-state index >= 15 is 0 Å². The number of carbonyl (C=O) groups is 1. The van der Waals surface area contributed by atoms with Crippen molar-refractivity contribution >= 4 is 33.8 Å². The molecule has 0 saturated heterocycles. The molecule has 35 heavy (non-hydrogen) atoms. The Morgan fingerprint density at radius 3 is 2.46 bits per heavy atom. The van der Waals surface area contributed by atoms with Crippen LogP contribution in [0, 0.1) is 5.95 Å². The van der Waals surface area contributed by atoms with Gasteiger partial charge < -0.3 is 5.73 Å². The molecule has 182 valence electrons. The lowest BCUT2D eigenvalue weighted by atomic mass is 9.81. The van der Waals surface area contributed by atoms with Crippen molar-refractivity contribution in [1.82, 2.24) is 14.2 Å². The number of pyridine rings is 1. The van der Waals surface area contributed by atoms with E-state index in [2.05, 4.69) is 9.98 Å². The molecule has 0 saturated carbocycles. The number of carbonyl (C=O) groups excluding carboxylic acids is 1. The summed E-state index contributed by atoms with van der Waals surface area (Å²) in [7, 11) is -1.70. The van der Waals surface area contributed by atoms with Gasteiger partial charge in [0, 0.05) is 32.4 Å². The molecule has 4 rings (SSSR count). The number of nitrogens with zero attached hydrogens (tertiary/aromatic N) is 4. The molecule has 0 radical (unpaired) electrons. The van der Waals surface area contributed by atoms with Crippen molar-refractivity contribution < 1.29 is 22.2 Å². The Morgan fingerprint density at radius 1 is 1.17 bits per heavy atom. The summed E-state index contributed by atoms with van der Waals surface area (Å²) >= 11 is 6.02. The first-order valence-corrected chi connectivity index (χ1v) is 12.0. The standard InChI is InChI=1S/C23H21ClFN5O4S/c1-29(35(32,33)34)13-14-5-3-7-16(9-14)23(21(31)30(2)22(26)28-23)17-8-4-6-15(10-17)19-11-18(24)12-27-20(19)25/h3-12H,13H2,1-2H3,(H2,26,28)(H,32,33,34). The molecule has 1 unspecified atom stereocenters. The predicted molar refractivity (Wildman–Crippen MR) is 129 cm³/mol. The number of aliphatic imine (C=N–C) groups is 1. The van der Waals surface area contributed by atoms with E-state index < -0.39 is 27.7 Å². The Hall–Kier alpha value is -3.38. The van der Waals surface area contributed by atoms with E-state index in [1.807, 2.05) is 0 Å². The van der Waals surface area contributed by atoms with E-state index in [1.54, 1.807) is 48.5 Å². The number of aromatic nitrogens is 1. The summed E-state index contributed by atoms with van der Waals surface area (Å²) < 4.78 is 47.5. The first-order valence-electron chi connectivity index (χ1n) is 10.3.